The maximum atomic E-state index is 9.11. The number of fused-ring (bicyclic) bond motifs is 6. The fraction of sp³-hybridized carbons (Fsp3) is 0.280. The van der Waals surface area contributed by atoms with E-state index in [4.69, 9.17) is 5.26 Å². The van der Waals surface area contributed by atoms with Crippen molar-refractivity contribution in [3.05, 3.63) is 65.9 Å². The third kappa shape index (κ3) is 2.82. The molecule has 2 atom stereocenters. The fourth-order valence-corrected chi connectivity index (χ4v) is 5.69. The van der Waals surface area contributed by atoms with Crippen molar-refractivity contribution >= 4 is 5.69 Å². The lowest BCUT2D eigenvalue weighted by Crippen LogP contribution is -2.34. The number of nitrogens with zero attached hydrogens (tertiary/aromatic N) is 7. The summed E-state index contributed by atoms with van der Waals surface area (Å²) in [6.07, 6.45) is 4.56. The van der Waals surface area contributed by atoms with E-state index in [1.165, 1.54) is 24.1 Å². The Balaban J connectivity index is 1.31. The summed E-state index contributed by atoms with van der Waals surface area (Å²) in [7, 11) is 0. The molecule has 1 N–H and O–H groups in total. The van der Waals surface area contributed by atoms with Gasteiger partial charge in [-0.2, -0.15) is 9.94 Å². The van der Waals surface area contributed by atoms with Gasteiger partial charge in [-0.1, -0.05) is 12.1 Å². The van der Waals surface area contributed by atoms with Gasteiger partial charge in [0.15, 0.2) is 0 Å². The van der Waals surface area contributed by atoms with Gasteiger partial charge in [0.1, 0.15) is 0 Å². The summed E-state index contributed by atoms with van der Waals surface area (Å²) in [6.45, 7) is 2.94. The maximum Gasteiger partial charge on any atom is 0.203 e. The number of hydrogen-bond donors (Lipinski definition) is 1. The van der Waals surface area contributed by atoms with Crippen LogP contribution in [0.3, 0.4) is 0 Å². The molecule has 2 aromatic heterocycles. The van der Waals surface area contributed by atoms with Gasteiger partial charge in [-0.05, 0) is 77.3 Å². The molecule has 162 valence electrons. The Bertz CT molecular complexity index is 1410. The van der Waals surface area contributed by atoms with Gasteiger partial charge in [0.2, 0.25) is 5.82 Å². The van der Waals surface area contributed by atoms with E-state index >= 15 is 0 Å². The van der Waals surface area contributed by atoms with Crippen LogP contribution in [0, 0.1) is 11.3 Å². The van der Waals surface area contributed by atoms with Crippen molar-refractivity contribution in [2.45, 2.75) is 31.5 Å². The zero-order valence-corrected chi connectivity index (χ0v) is 18.0. The number of hydrogen-bond acceptors (Lipinski definition) is 6. The Morgan fingerprint density at radius 2 is 1.94 bits per heavy atom. The lowest BCUT2D eigenvalue weighted by atomic mass is 10.1. The lowest BCUT2D eigenvalue weighted by molar-refractivity contribution is 0.601. The summed E-state index contributed by atoms with van der Waals surface area (Å²) >= 11 is 0. The van der Waals surface area contributed by atoms with Gasteiger partial charge >= 0.3 is 0 Å². The van der Waals surface area contributed by atoms with Gasteiger partial charge in [0, 0.05) is 42.6 Å². The Labute approximate surface area is 191 Å². The highest BCUT2D eigenvalue weighted by Crippen LogP contribution is 2.36. The largest absolute Gasteiger partial charge is 0.367 e. The smallest absolute Gasteiger partial charge is 0.203 e. The second-order valence-electron chi connectivity index (χ2n) is 9.06. The quantitative estimate of drug-likeness (QED) is 0.460. The Morgan fingerprint density at radius 1 is 1.03 bits per heavy atom. The monoisotopic (exact) mass is 434 g/mol. The normalized spacial score (nSPS) is 20.5. The molecule has 2 aromatic carbocycles. The molecule has 3 aliphatic rings. The summed E-state index contributed by atoms with van der Waals surface area (Å²) in [5.74, 6) is 0.739. The molecule has 4 aromatic rings. The van der Waals surface area contributed by atoms with Crippen LogP contribution in [0.4, 0.5) is 5.69 Å². The topological polar surface area (TPSA) is 87.6 Å². The predicted molar refractivity (Wildman–Crippen MR) is 124 cm³/mol. The average molecular weight is 435 g/mol. The molecule has 8 heteroatoms. The summed E-state index contributed by atoms with van der Waals surface area (Å²) in [5.41, 5.74) is 7.31. The van der Waals surface area contributed by atoms with Gasteiger partial charge in [-0.15, -0.1) is 5.10 Å². The predicted octanol–water partition coefficient (Wildman–Crippen LogP) is 2.97. The molecular formula is C25H22N8. The molecule has 7 rings (SSSR count). The summed E-state index contributed by atoms with van der Waals surface area (Å²) in [6, 6.07) is 19.9. The summed E-state index contributed by atoms with van der Waals surface area (Å²) < 4.78 is 4.08. The molecule has 0 saturated carbocycles. The van der Waals surface area contributed by atoms with E-state index in [9.17, 15) is 0 Å². The Morgan fingerprint density at radius 3 is 2.82 bits per heavy atom. The first kappa shape index (κ1) is 18.6. The van der Waals surface area contributed by atoms with Crippen molar-refractivity contribution in [1.82, 2.24) is 30.1 Å². The van der Waals surface area contributed by atoms with Gasteiger partial charge in [-0.3, -0.25) is 0 Å². The van der Waals surface area contributed by atoms with Gasteiger partial charge < -0.3 is 14.8 Å². The van der Waals surface area contributed by atoms with E-state index in [0.717, 1.165) is 48.0 Å². The number of nitriles is 1. The van der Waals surface area contributed by atoms with Crippen LogP contribution < -0.4 is 10.2 Å². The number of aromatic nitrogens is 5. The van der Waals surface area contributed by atoms with E-state index in [-0.39, 0.29) is 0 Å². The third-order valence-corrected chi connectivity index (χ3v) is 7.30. The van der Waals surface area contributed by atoms with Gasteiger partial charge in [0.05, 0.1) is 23.0 Å². The molecule has 0 bridgehead atoms. The molecule has 3 aliphatic heterocycles. The summed E-state index contributed by atoms with van der Waals surface area (Å²) in [5, 5.41) is 25.4. The maximum absolute atomic E-state index is 9.11. The molecule has 0 amide bonds. The van der Waals surface area contributed by atoms with E-state index in [1.54, 1.807) is 0 Å². The highest BCUT2D eigenvalue weighted by atomic mass is 15.5. The second kappa shape index (κ2) is 7.02. The number of tetrazole rings is 1. The molecule has 33 heavy (non-hydrogen) atoms. The van der Waals surface area contributed by atoms with Crippen LogP contribution in [0.1, 0.15) is 24.0 Å². The van der Waals surface area contributed by atoms with Gasteiger partial charge in [0.25, 0.3) is 0 Å². The average Bonchev–Trinajstić information content (AvgIpc) is 3.62. The minimum atomic E-state index is 0.586. The zero-order valence-electron chi connectivity index (χ0n) is 18.0. The highest BCUT2D eigenvalue weighted by Gasteiger charge is 2.37. The van der Waals surface area contributed by atoms with Crippen molar-refractivity contribution in [3.63, 3.8) is 0 Å². The summed E-state index contributed by atoms with van der Waals surface area (Å²) in [4.78, 5) is 2.56. The van der Waals surface area contributed by atoms with E-state index in [1.807, 2.05) is 28.9 Å². The number of rotatable bonds is 2. The van der Waals surface area contributed by atoms with E-state index < -0.39 is 0 Å². The van der Waals surface area contributed by atoms with Crippen LogP contribution in [0.5, 0.6) is 0 Å². The SMILES string of the molecule is N#Cc1ccc(-c2cc3n(c2)Cc2cc(N4CC[C@@H]5NCC[C@H]54)ccc2-n2nnnc2-3)cc1. The van der Waals surface area contributed by atoms with E-state index in [2.05, 4.69) is 66.8 Å². The standard InChI is InChI=1S/C25H22N8/c26-13-16-1-3-17(4-2-16)18-12-24-25-28-29-30-33(25)22-6-5-20(11-19(22)15-31(24)14-18)32-10-8-21-23(32)7-9-27-21/h1-6,11-12,14,21,23,27H,7-10,15H2/t21-,23+/m0/s1. The number of anilines is 1. The second-order valence-corrected chi connectivity index (χ2v) is 9.06. The highest BCUT2D eigenvalue weighted by molar-refractivity contribution is 5.72. The molecule has 0 aliphatic carbocycles. The molecule has 2 saturated heterocycles. The molecule has 0 spiro atoms. The molecule has 0 radical (unpaired) electrons. The molecule has 2 fully saturated rings. The van der Waals surface area contributed by atoms with E-state index in [0.29, 0.717) is 17.6 Å². The van der Waals surface area contributed by atoms with Crippen LogP contribution in [0.2, 0.25) is 0 Å². The fourth-order valence-electron chi connectivity index (χ4n) is 5.69. The van der Waals surface area contributed by atoms with Crippen LogP contribution >= 0.6 is 0 Å². The van der Waals surface area contributed by atoms with Crippen LogP contribution in [-0.4, -0.2) is 49.9 Å². The van der Waals surface area contributed by atoms with Crippen molar-refractivity contribution in [2.24, 2.45) is 0 Å². The molecule has 8 nitrogen and oxygen atoms in total. The van der Waals surface area contributed by atoms with Gasteiger partial charge in [-0.25, -0.2) is 0 Å². The lowest BCUT2D eigenvalue weighted by Gasteiger charge is -2.26. The van der Waals surface area contributed by atoms with Crippen molar-refractivity contribution < 1.29 is 0 Å². The first-order valence-corrected chi connectivity index (χ1v) is 11.4. The van der Waals surface area contributed by atoms with Crippen LogP contribution in [-0.2, 0) is 6.54 Å². The molecule has 0 unspecified atom stereocenters. The number of benzene rings is 2. The molecular weight excluding hydrogens is 412 g/mol. The number of nitrogens with one attached hydrogen (secondary N) is 1. The minimum absolute atomic E-state index is 0.586. The Hall–Kier alpha value is -3.96. The first-order valence-electron chi connectivity index (χ1n) is 11.4. The van der Waals surface area contributed by atoms with Crippen LogP contribution in [0.15, 0.2) is 54.7 Å². The first-order chi connectivity index (χ1) is 16.3. The van der Waals surface area contributed by atoms with Crippen molar-refractivity contribution in [2.75, 3.05) is 18.0 Å². The third-order valence-electron chi connectivity index (χ3n) is 7.30. The van der Waals surface area contributed by atoms with Crippen molar-refractivity contribution in [3.8, 4) is 34.4 Å². The van der Waals surface area contributed by atoms with Crippen molar-refractivity contribution in [1.29, 1.82) is 5.26 Å². The molecule has 5 heterocycles. The zero-order chi connectivity index (χ0) is 21.9. The van der Waals surface area contributed by atoms with Crippen LogP contribution in [0.25, 0.3) is 28.3 Å². The Kier molecular flexibility index (Phi) is 3.96. The minimum Gasteiger partial charge on any atom is -0.367 e.